The van der Waals surface area contributed by atoms with Gasteiger partial charge in [-0.05, 0) is 29.4 Å². The highest BCUT2D eigenvalue weighted by Gasteiger charge is 2.29. The Morgan fingerprint density at radius 2 is 2.00 bits per heavy atom. The monoisotopic (exact) mass is 366 g/mol. The molecule has 1 aromatic heterocycles. The zero-order valence-corrected chi connectivity index (χ0v) is 15.6. The van der Waals surface area contributed by atoms with Crippen LogP contribution in [0, 0.1) is 5.92 Å². The quantitative estimate of drug-likeness (QED) is 0.729. The summed E-state index contributed by atoms with van der Waals surface area (Å²) in [6, 6.07) is 8.56. The van der Waals surface area contributed by atoms with Crippen LogP contribution >= 0.6 is 11.8 Å². The zero-order valence-electron chi connectivity index (χ0n) is 13.9. The topological polar surface area (TPSA) is 73.1 Å². The second-order valence-electron chi connectivity index (χ2n) is 6.62. The lowest BCUT2D eigenvalue weighted by Gasteiger charge is -2.05. The first-order chi connectivity index (χ1) is 11.4. The Labute approximate surface area is 147 Å². The van der Waals surface area contributed by atoms with Crippen LogP contribution in [0.3, 0.4) is 0 Å². The summed E-state index contributed by atoms with van der Waals surface area (Å²) in [4.78, 5) is 0. The van der Waals surface area contributed by atoms with Crippen molar-refractivity contribution in [3.05, 3.63) is 41.3 Å². The first kappa shape index (κ1) is 17.5. The maximum absolute atomic E-state index is 11.5. The van der Waals surface area contributed by atoms with Crippen LogP contribution in [0.2, 0.25) is 0 Å². The molecule has 24 heavy (non-hydrogen) atoms. The van der Waals surface area contributed by atoms with Crippen LogP contribution in [0.5, 0.6) is 0 Å². The van der Waals surface area contributed by atoms with Gasteiger partial charge in [0.25, 0.3) is 5.22 Å². The fourth-order valence-corrected chi connectivity index (χ4v) is 5.40. The third kappa shape index (κ3) is 4.60. The fraction of sp³-hybridized carbons (Fsp3) is 0.529. The molecule has 0 bridgehead atoms. The SMILES string of the molecule is CC(C)c1ccc(CSc2nnc(C[C@@H]3CCS(=O)(=O)C3)o2)cc1. The molecule has 0 spiro atoms. The molecular weight excluding hydrogens is 344 g/mol. The summed E-state index contributed by atoms with van der Waals surface area (Å²) < 4.78 is 28.6. The Kier molecular flexibility index (Phi) is 5.30. The van der Waals surface area contributed by atoms with Gasteiger partial charge in [0.2, 0.25) is 5.89 Å². The second-order valence-corrected chi connectivity index (χ2v) is 9.78. The normalized spacial score (nSPS) is 19.9. The number of thioether (sulfide) groups is 1. The van der Waals surface area contributed by atoms with Crippen LogP contribution in [0.4, 0.5) is 0 Å². The van der Waals surface area contributed by atoms with Crippen LogP contribution in [0.15, 0.2) is 33.9 Å². The number of hydrogen-bond donors (Lipinski definition) is 0. The first-order valence-electron chi connectivity index (χ1n) is 8.16. The largest absolute Gasteiger partial charge is 0.416 e. The highest BCUT2D eigenvalue weighted by molar-refractivity contribution is 7.98. The minimum absolute atomic E-state index is 0.108. The van der Waals surface area contributed by atoms with E-state index in [9.17, 15) is 8.42 Å². The van der Waals surface area contributed by atoms with E-state index >= 15 is 0 Å². The van der Waals surface area contributed by atoms with Crippen molar-refractivity contribution in [3.8, 4) is 0 Å². The highest BCUT2D eigenvalue weighted by atomic mass is 32.2. The summed E-state index contributed by atoms with van der Waals surface area (Å²) in [5.41, 5.74) is 2.54. The molecule has 0 radical (unpaired) electrons. The summed E-state index contributed by atoms with van der Waals surface area (Å²) in [5, 5.41) is 8.64. The number of rotatable bonds is 6. The number of hydrogen-bond acceptors (Lipinski definition) is 6. The van der Waals surface area contributed by atoms with E-state index in [-0.39, 0.29) is 17.4 Å². The van der Waals surface area contributed by atoms with Gasteiger partial charge in [-0.25, -0.2) is 8.42 Å². The van der Waals surface area contributed by atoms with Gasteiger partial charge in [0, 0.05) is 12.2 Å². The van der Waals surface area contributed by atoms with Crippen LogP contribution in [0.25, 0.3) is 0 Å². The van der Waals surface area contributed by atoms with Gasteiger partial charge in [-0.1, -0.05) is 49.9 Å². The average Bonchev–Trinajstić information content (AvgIpc) is 3.12. The van der Waals surface area contributed by atoms with Crippen molar-refractivity contribution >= 4 is 21.6 Å². The molecule has 3 rings (SSSR count). The van der Waals surface area contributed by atoms with Crippen LogP contribution < -0.4 is 0 Å². The van der Waals surface area contributed by atoms with Crippen molar-refractivity contribution in [1.82, 2.24) is 10.2 Å². The van der Waals surface area contributed by atoms with E-state index in [4.69, 9.17) is 4.42 Å². The number of nitrogens with zero attached hydrogens (tertiary/aromatic N) is 2. The van der Waals surface area contributed by atoms with Gasteiger partial charge in [-0.2, -0.15) is 0 Å². The fourth-order valence-electron chi connectivity index (χ4n) is 2.80. The van der Waals surface area contributed by atoms with E-state index < -0.39 is 9.84 Å². The summed E-state index contributed by atoms with van der Waals surface area (Å²) >= 11 is 1.51. The molecule has 0 unspecified atom stereocenters. The van der Waals surface area contributed by atoms with E-state index in [0.717, 1.165) is 5.75 Å². The molecule has 2 heterocycles. The third-order valence-electron chi connectivity index (χ3n) is 4.25. The zero-order chi connectivity index (χ0) is 17.2. The maximum atomic E-state index is 11.5. The van der Waals surface area contributed by atoms with E-state index in [2.05, 4.69) is 48.3 Å². The lowest BCUT2D eigenvalue weighted by atomic mass is 10.0. The molecular formula is C17H22N2O3S2. The Bertz CT molecular complexity index is 782. The molecule has 0 N–H and O–H groups in total. The van der Waals surface area contributed by atoms with Crippen molar-refractivity contribution in [3.63, 3.8) is 0 Å². The van der Waals surface area contributed by atoms with Gasteiger partial charge in [-0.3, -0.25) is 0 Å². The van der Waals surface area contributed by atoms with Crippen molar-refractivity contribution < 1.29 is 12.8 Å². The second kappa shape index (κ2) is 7.27. The molecule has 1 atom stereocenters. The molecule has 2 aromatic rings. The minimum atomic E-state index is -2.86. The molecule has 1 fully saturated rings. The lowest BCUT2D eigenvalue weighted by molar-refractivity contribution is 0.389. The van der Waals surface area contributed by atoms with Gasteiger partial charge in [-0.15, -0.1) is 10.2 Å². The van der Waals surface area contributed by atoms with Crippen molar-refractivity contribution in [2.45, 2.75) is 43.6 Å². The molecule has 1 aliphatic heterocycles. The van der Waals surface area contributed by atoms with Crippen molar-refractivity contribution in [2.24, 2.45) is 5.92 Å². The predicted molar refractivity (Wildman–Crippen MR) is 94.9 cm³/mol. The van der Waals surface area contributed by atoms with Gasteiger partial charge in [0.15, 0.2) is 9.84 Å². The average molecular weight is 367 g/mol. The van der Waals surface area contributed by atoms with E-state index in [1.54, 1.807) is 0 Å². The minimum Gasteiger partial charge on any atom is -0.416 e. The molecule has 1 aliphatic rings. The molecule has 7 heteroatoms. The summed E-state index contributed by atoms with van der Waals surface area (Å²) in [7, 11) is -2.86. The molecule has 0 amide bonds. The molecule has 1 saturated heterocycles. The van der Waals surface area contributed by atoms with E-state index in [0.29, 0.717) is 29.9 Å². The Balaban J connectivity index is 1.52. The lowest BCUT2D eigenvalue weighted by Crippen LogP contribution is -2.07. The standard InChI is InChI=1S/C17H22N2O3S2/c1-12(2)15-5-3-13(4-6-15)10-23-17-19-18-16(22-17)9-14-7-8-24(20,21)11-14/h3-6,12,14H,7-11H2,1-2H3/t14-/m0/s1. The summed E-state index contributed by atoms with van der Waals surface area (Å²) in [5.74, 6) is 2.47. The molecule has 130 valence electrons. The molecule has 0 aliphatic carbocycles. The number of benzene rings is 1. The Morgan fingerprint density at radius 1 is 1.25 bits per heavy atom. The van der Waals surface area contributed by atoms with E-state index in [1.165, 1.54) is 22.9 Å². The Morgan fingerprint density at radius 3 is 2.62 bits per heavy atom. The predicted octanol–water partition coefficient (Wildman–Crippen LogP) is 3.46. The van der Waals surface area contributed by atoms with Gasteiger partial charge < -0.3 is 4.42 Å². The van der Waals surface area contributed by atoms with Crippen molar-refractivity contribution in [2.75, 3.05) is 11.5 Å². The van der Waals surface area contributed by atoms with Gasteiger partial charge in [0.05, 0.1) is 11.5 Å². The number of sulfone groups is 1. The summed E-state index contributed by atoms with van der Waals surface area (Å²) in [6.45, 7) is 4.36. The number of aromatic nitrogens is 2. The smallest absolute Gasteiger partial charge is 0.276 e. The van der Waals surface area contributed by atoms with Crippen LogP contribution in [-0.2, 0) is 22.0 Å². The Hall–Kier alpha value is -1.34. The van der Waals surface area contributed by atoms with Gasteiger partial charge in [0.1, 0.15) is 0 Å². The van der Waals surface area contributed by atoms with Gasteiger partial charge >= 0.3 is 0 Å². The molecule has 0 saturated carbocycles. The van der Waals surface area contributed by atoms with Crippen LogP contribution in [0.1, 0.15) is 43.2 Å². The third-order valence-corrected chi connectivity index (χ3v) is 6.97. The first-order valence-corrected chi connectivity index (χ1v) is 11.0. The van der Waals surface area contributed by atoms with Crippen LogP contribution in [-0.4, -0.2) is 30.1 Å². The maximum Gasteiger partial charge on any atom is 0.276 e. The molecule has 1 aromatic carbocycles. The molecule has 5 nitrogen and oxygen atoms in total. The highest BCUT2D eigenvalue weighted by Crippen LogP contribution is 2.26. The van der Waals surface area contributed by atoms with E-state index in [1.807, 2.05) is 0 Å². The van der Waals surface area contributed by atoms with Crippen molar-refractivity contribution in [1.29, 1.82) is 0 Å². The summed E-state index contributed by atoms with van der Waals surface area (Å²) in [6.07, 6.45) is 1.24.